The van der Waals surface area contributed by atoms with Gasteiger partial charge in [0.15, 0.2) is 5.65 Å². The average Bonchev–Trinajstić information content (AvgIpc) is 3.32. The van der Waals surface area contributed by atoms with E-state index in [2.05, 4.69) is 18.7 Å². The largest absolute Gasteiger partial charge is 0.497 e. The number of aromatic nitrogens is 3. The van der Waals surface area contributed by atoms with Gasteiger partial charge in [-0.3, -0.25) is 0 Å². The Morgan fingerprint density at radius 3 is 2.64 bits per heavy atom. The standard InChI is InChI=1S/C21H25ClN4O2/c1-4-8-25(9-5-2)21-17-12-28-13-19(17)24-20-16(11-23-26(20)21)15-7-6-14(27-3)10-18(15)22/h6-7,10-11H,4-5,8-9,12-13H2,1-3H3. The number of benzene rings is 1. The monoisotopic (exact) mass is 400 g/mol. The third kappa shape index (κ3) is 3.20. The van der Waals surface area contributed by atoms with Gasteiger partial charge >= 0.3 is 0 Å². The fraction of sp³-hybridized carbons (Fsp3) is 0.429. The highest BCUT2D eigenvalue weighted by molar-refractivity contribution is 6.33. The Hall–Kier alpha value is -2.31. The van der Waals surface area contributed by atoms with Crippen LogP contribution in [0.25, 0.3) is 16.8 Å². The van der Waals surface area contributed by atoms with Crippen LogP contribution in [0.1, 0.15) is 37.9 Å². The fourth-order valence-electron chi connectivity index (χ4n) is 3.79. The number of anilines is 1. The molecule has 0 N–H and O–H groups in total. The van der Waals surface area contributed by atoms with Gasteiger partial charge in [-0.05, 0) is 31.0 Å². The lowest BCUT2D eigenvalue weighted by Crippen LogP contribution is -2.29. The Morgan fingerprint density at radius 2 is 1.96 bits per heavy atom. The van der Waals surface area contributed by atoms with Gasteiger partial charge in [-0.15, -0.1) is 0 Å². The van der Waals surface area contributed by atoms with E-state index >= 15 is 0 Å². The topological polar surface area (TPSA) is 51.9 Å². The summed E-state index contributed by atoms with van der Waals surface area (Å²) in [6.45, 7) is 7.45. The lowest BCUT2D eigenvalue weighted by Gasteiger charge is -2.26. The Morgan fingerprint density at radius 1 is 1.18 bits per heavy atom. The molecule has 4 rings (SSSR count). The SMILES string of the molecule is CCCN(CCC)c1c2c(nc3c(-c4ccc(OC)cc4Cl)cnn13)COC2. The van der Waals surface area contributed by atoms with Crippen molar-refractivity contribution in [2.24, 2.45) is 0 Å². The van der Waals surface area contributed by atoms with Crippen LogP contribution in [0.4, 0.5) is 5.82 Å². The minimum absolute atomic E-state index is 0.534. The van der Waals surface area contributed by atoms with E-state index in [0.29, 0.717) is 18.2 Å². The van der Waals surface area contributed by atoms with Crippen LogP contribution in [-0.4, -0.2) is 34.8 Å². The number of halogens is 1. The molecule has 0 bridgehead atoms. The van der Waals surface area contributed by atoms with Crippen LogP contribution in [0.5, 0.6) is 5.75 Å². The van der Waals surface area contributed by atoms with E-state index in [9.17, 15) is 0 Å². The molecular weight excluding hydrogens is 376 g/mol. The van der Waals surface area contributed by atoms with Crippen LogP contribution >= 0.6 is 11.6 Å². The predicted octanol–water partition coefficient (Wildman–Crippen LogP) is 4.71. The van der Waals surface area contributed by atoms with Crippen molar-refractivity contribution >= 4 is 23.1 Å². The molecule has 0 atom stereocenters. The number of fused-ring (bicyclic) bond motifs is 2. The van der Waals surface area contributed by atoms with Gasteiger partial charge in [-0.1, -0.05) is 25.4 Å². The van der Waals surface area contributed by atoms with Crippen molar-refractivity contribution in [1.82, 2.24) is 14.6 Å². The van der Waals surface area contributed by atoms with Crippen LogP contribution in [-0.2, 0) is 18.0 Å². The molecule has 0 saturated heterocycles. The minimum Gasteiger partial charge on any atom is -0.497 e. The van der Waals surface area contributed by atoms with E-state index in [1.165, 1.54) is 0 Å². The van der Waals surface area contributed by atoms with Gasteiger partial charge in [0.1, 0.15) is 11.6 Å². The average molecular weight is 401 g/mol. The van der Waals surface area contributed by atoms with E-state index in [-0.39, 0.29) is 0 Å². The first kappa shape index (κ1) is 19.0. The molecular formula is C21H25ClN4O2. The Balaban J connectivity index is 1.92. The van der Waals surface area contributed by atoms with Gasteiger partial charge in [0.2, 0.25) is 0 Å². The smallest absolute Gasteiger partial charge is 0.165 e. The first-order valence-electron chi connectivity index (χ1n) is 9.74. The van der Waals surface area contributed by atoms with Crippen molar-refractivity contribution in [3.8, 4) is 16.9 Å². The summed E-state index contributed by atoms with van der Waals surface area (Å²) < 4.78 is 13.0. The summed E-state index contributed by atoms with van der Waals surface area (Å²) in [4.78, 5) is 7.30. The maximum atomic E-state index is 6.54. The summed E-state index contributed by atoms with van der Waals surface area (Å²) >= 11 is 6.54. The number of methoxy groups -OCH3 is 1. The number of hydrogen-bond donors (Lipinski definition) is 0. The molecule has 0 saturated carbocycles. The molecule has 7 heteroatoms. The Kier molecular flexibility index (Phi) is 5.42. The Labute approximate surface area is 170 Å². The maximum Gasteiger partial charge on any atom is 0.165 e. The highest BCUT2D eigenvalue weighted by atomic mass is 35.5. The van der Waals surface area contributed by atoms with Crippen LogP contribution < -0.4 is 9.64 Å². The molecule has 2 aromatic heterocycles. The van der Waals surface area contributed by atoms with E-state index in [1.54, 1.807) is 7.11 Å². The van der Waals surface area contributed by atoms with Gasteiger partial charge in [0.25, 0.3) is 0 Å². The highest BCUT2D eigenvalue weighted by Gasteiger charge is 2.26. The summed E-state index contributed by atoms with van der Waals surface area (Å²) in [6, 6.07) is 5.68. The maximum absolute atomic E-state index is 6.54. The summed E-state index contributed by atoms with van der Waals surface area (Å²) in [6.07, 6.45) is 3.99. The van der Waals surface area contributed by atoms with E-state index in [1.807, 2.05) is 28.9 Å². The number of nitrogens with zero attached hydrogens (tertiary/aromatic N) is 4. The zero-order valence-corrected chi connectivity index (χ0v) is 17.3. The third-order valence-corrected chi connectivity index (χ3v) is 5.35. The molecule has 3 heterocycles. The van der Waals surface area contributed by atoms with Gasteiger partial charge in [-0.25, -0.2) is 4.98 Å². The molecule has 148 valence electrons. The molecule has 1 aliphatic rings. The predicted molar refractivity (Wildman–Crippen MR) is 111 cm³/mol. The quantitative estimate of drug-likeness (QED) is 0.574. The summed E-state index contributed by atoms with van der Waals surface area (Å²) in [5.74, 6) is 1.82. The van der Waals surface area contributed by atoms with Crippen molar-refractivity contribution in [3.63, 3.8) is 0 Å². The van der Waals surface area contributed by atoms with Gasteiger partial charge in [0.05, 0.1) is 37.2 Å². The van der Waals surface area contributed by atoms with Crippen LogP contribution in [0.2, 0.25) is 5.02 Å². The molecule has 6 nitrogen and oxygen atoms in total. The number of hydrogen-bond acceptors (Lipinski definition) is 5. The third-order valence-electron chi connectivity index (χ3n) is 5.04. The van der Waals surface area contributed by atoms with Crippen molar-refractivity contribution < 1.29 is 9.47 Å². The molecule has 28 heavy (non-hydrogen) atoms. The molecule has 0 spiro atoms. The lowest BCUT2D eigenvalue weighted by molar-refractivity contribution is 0.133. The number of ether oxygens (including phenoxy) is 2. The zero-order chi connectivity index (χ0) is 19.7. The first-order valence-corrected chi connectivity index (χ1v) is 10.1. The van der Waals surface area contributed by atoms with Gasteiger partial charge in [0, 0.05) is 29.8 Å². The lowest BCUT2D eigenvalue weighted by atomic mass is 10.1. The molecule has 1 aromatic carbocycles. The van der Waals surface area contributed by atoms with E-state index in [4.69, 9.17) is 31.2 Å². The zero-order valence-electron chi connectivity index (χ0n) is 16.5. The molecule has 0 fully saturated rings. The Bertz CT molecular complexity index is 996. The summed E-state index contributed by atoms with van der Waals surface area (Å²) in [5, 5.41) is 5.33. The second-order valence-electron chi connectivity index (χ2n) is 6.98. The molecule has 0 unspecified atom stereocenters. The molecule has 0 aliphatic carbocycles. The number of rotatable bonds is 7. The normalized spacial score (nSPS) is 13.1. The highest BCUT2D eigenvalue weighted by Crippen LogP contribution is 2.37. The van der Waals surface area contributed by atoms with Gasteiger partial charge in [-0.2, -0.15) is 9.61 Å². The van der Waals surface area contributed by atoms with Crippen LogP contribution in [0, 0.1) is 0 Å². The summed E-state index contributed by atoms with van der Waals surface area (Å²) in [5.41, 5.74) is 4.75. The van der Waals surface area contributed by atoms with Gasteiger partial charge < -0.3 is 14.4 Å². The van der Waals surface area contributed by atoms with E-state index < -0.39 is 0 Å². The minimum atomic E-state index is 0.534. The molecule has 0 amide bonds. The van der Waals surface area contributed by atoms with Crippen LogP contribution in [0.15, 0.2) is 24.4 Å². The van der Waals surface area contributed by atoms with Crippen molar-refractivity contribution in [2.45, 2.75) is 39.9 Å². The van der Waals surface area contributed by atoms with Crippen molar-refractivity contribution in [3.05, 3.63) is 40.7 Å². The molecule has 3 aromatic rings. The second kappa shape index (κ2) is 7.97. The van der Waals surface area contributed by atoms with Crippen molar-refractivity contribution in [2.75, 3.05) is 25.1 Å². The first-order chi connectivity index (χ1) is 13.7. The molecule has 0 radical (unpaired) electrons. The van der Waals surface area contributed by atoms with Crippen molar-refractivity contribution in [1.29, 1.82) is 0 Å². The van der Waals surface area contributed by atoms with E-state index in [0.717, 1.165) is 65.5 Å². The van der Waals surface area contributed by atoms with Crippen LogP contribution in [0.3, 0.4) is 0 Å². The second-order valence-corrected chi connectivity index (χ2v) is 7.39. The fourth-order valence-corrected chi connectivity index (χ4v) is 4.07. The summed E-state index contributed by atoms with van der Waals surface area (Å²) in [7, 11) is 1.63. The molecule has 1 aliphatic heterocycles.